The van der Waals surface area contributed by atoms with E-state index in [1.165, 1.54) is 0 Å². The lowest BCUT2D eigenvalue weighted by Gasteiger charge is -2.27. The van der Waals surface area contributed by atoms with Crippen LogP contribution in [0.1, 0.15) is 36.3 Å². The number of halogens is 2. The van der Waals surface area contributed by atoms with E-state index in [2.05, 4.69) is 5.32 Å². The summed E-state index contributed by atoms with van der Waals surface area (Å²) < 4.78 is 33.2. The molecule has 5 rings (SSSR count). The summed E-state index contributed by atoms with van der Waals surface area (Å²) in [6.07, 6.45) is -0.481. The molecule has 2 N–H and O–H groups in total. The van der Waals surface area contributed by atoms with Crippen molar-refractivity contribution < 1.29 is 33.0 Å². The van der Waals surface area contributed by atoms with Gasteiger partial charge in [-0.2, -0.15) is 0 Å². The second kappa shape index (κ2) is 8.38. The highest BCUT2D eigenvalue weighted by Crippen LogP contribution is 2.44. The number of alkyl carbamates (subject to hydrolysis) is 1. The number of amides is 2. The van der Waals surface area contributed by atoms with Crippen LogP contribution in [-0.4, -0.2) is 59.1 Å². The summed E-state index contributed by atoms with van der Waals surface area (Å²) in [4.78, 5) is 37.8. The van der Waals surface area contributed by atoms with Gasteiger partial charge in [-0.25, -0.2) is 18.4 Å². The quantitative estimate of drug-likeness (QED) is 0.672. The van der Waals surface area contributed by atoms with Crippen molar-refractivity contribution in [2.24, 2.45) is 5.92 Å². The number of carbonyl (C=O) groups is 3. The lowest BCUT2D eigenvalue weighted by molar-refractivity contribution is -0.149. The normalized spacial score (nSPS) is 21.5. The molecular formula is C25H24F2N2O5. The number of nitrogens with zero attached hydrogens (tertiary/aromatic N) is 1. The Morgan fingerprint density at radius 3 is 2.21 bits per heavy atom. The highest BCUT2D eigenvalue weighted by atomic mass is 19.3. The number of hydrogen-bond acceptors (Lipinski definition) is 4. The van der Waals surface area contributed by atoms with Crippen molar-refractivity contribution in [2.75, 3.05) is 13.2 Å². The molecule has 1 unspecified atom stereocenters. The monoisotopic (exact) mass is 470 g/mol. The predicted molar refractivity (Wildman–Crippen MR) is 117 cm³/mol. The number of carboxylic acid groups (broad SMARTS) is 1. The van der Waals surface area contributed by atoms with Crippen LogP contribution in [0.25, 0.3) is 11.1 Å². The predicted octanol–water partition coefficient (Wildman–Crippen LogP) is 3.62. The molecule has 2 atom stereocenters. The summed E-state index contributed by atoms with van der Waals surface area (Å²) in [5.74, 6) is -5.96. The molecule has 1 saturated heterocycles. The number of alkyl halides is 2. The summed E-state index contributed by atoms with van der Waals surface area (Å²) in [7, 11) is 0. The number of hydrogen-bond donors (Lipinski definition) is 2. The van der Waals surface area contributed by atoms with E-state index in [4.69, 9.17) is 4.74 Å². The minimum Gasteiger partial charge on any atom is -0.480 e. The Morgan fingerprint density at radius 1 is 1.06 bits per heavy atom. The molecule has 2 aromatic rings. The molecule has 3 aliphatic rings. The Morgan fingerprint density at radius 2 is 1.65 bits per heavy atom. The van der Waals surface area contributed by atoms with Gasteiger partial charge in [0.25, 0.3) is 5.92 Å². The molecule has 1 aliphatic heterocycles. The van der Waals surface area contributed by atoms with E-state index in [1.54, 1.807) is 0 Å². The Kier molecular flexibility index (Phi) is 5.50. The summed E-state index contributed by atoms with van der Waals surface area (Å²) in [6.45, 7) is -0.927. The molecule has 2 amide bonds. The second-order valence-corrected chi connectivity index (χ2v) is 9.17. The highest BCUT2D eigenvalue weighted by molar-refractivity contribution is 5.90. The van der Waals surface area contributed by atoms with Gasteiger partial charge in [0.05, 0.1) is 6.54 Å². The van der Waals surface area contributed by atoms with E-state index in [0.29, 0.717) is 17.7 Å². The van der Waals surface area contributed by atoms with Crippen LogP contribution < -0.4 is 5.32 Å². The first kappa shape index (κ1) is 22.3. The fourth-order valence-electron chi connectivity index (χ4n) is 5.03. The summed E-state index contributed by atoms with van der Waals surface area (Å²) in [6, 6.07) is 13.0. The molecule has 1 heterocycles. The van der Waals surface area contributed by atoms with Crippen molar-refractivity contribution in [1.29, 1.82) is 0 Å². The van der Waals surface area contributed by atoms with E-state index < -0.39 is 48.9 Å². The third-order valence-electron chi connectivity index (χ3n) is 6.81. The number of aliphatic carboxylic acids is 1. The van der Waals surface area contributed by atoms with E-state index >= 15 is 0 Å². The van der Waals surface area contributed by atoms with E-state index in [0.717, 1.165) is 22.3 Å². The topological polar surface area (TPSA) is 95.9 Å². The zero-order chi connectivity index (χ0) is 24.0. The lowest BCUT2D eigenvalue weighted by atomic mass is 9.98. The van der Waals surface area contributed by atoms with Crippen LogP contribution in [0.5, 0.6) is 0 Å². The van der Waals surface area contributed by atoms with Crippen LogP contribution >= 0.6 is 0 Å². The van der Waals surface area contributed by atoms with Gasteiger partial charge >= 0.3 is 12.1 Å². The third kappa shape index (κ3) is 4.10. The van der Waals surface area contributed by atoms with Gasteiger partial charge in [0.15, 0.2) is 0 Å². The summed E-state index contributed by atoms with van der Waals surface area (Å²) >= 11 is 0. The van der Waals surface area contributed by atoms with Gasteiger partial charge in [-0.1, -0.05) is 48.5 Å². The van der Waals surface area contributed by atoms with Crippen molar-refractivity contribution in [3.63, 3.8) is 0 Å². The first-order valence-corrected chi connectivity index (χ1v) is 11.3. The number of nitrogens with one attached hydrogen (secondary N) is 1. The Labute approximate surface area is 194 Å². The number of likely N-dealkylation sites (tertiary alicyclic amines) is 1. The number of carbonyl (C=O) groups excluding carboxylic acids is 2. The Hall–Kier alpha value is -3.49. The van der Waals surface area contributed by atoms with E-state index in [9.17, 15) is 28.3 Å². The van der Waals surface area contributed by atoms with E-state index in [1.807, 2.05) is 48.5 Å². The molecule has 2 fully saturated rings. The second-order valence-electron chi connectivity index (χ2n) is 9.17. The smallest absolute Gasteiger partial charge is 0.407 e. The molecule has 2 aliphatic carbocycles. The number of ether oxygens (including phenoxy) is 1. The molecule has 1 saturated carbocycles. The SMILES string of the molecule is O=C(NC(C(=O)N1CC(F)(F)C[C@H]1C(=O)O)C1CC1)OCC1c2ccccc2-c2ccccc21. The van der Waals surface area contributed by atoms with Gasteiger partial charge in [-0.05, 0) is 41.0 Å². The minimum absolute atomic E-state index is 0.0466. The van der Waals surface area contributed by atoms with Crippen LogP contribution in [0.3, 0.4) is 0 Å². The first-order chi connectivity index (χ1) is 16.2. The lowest BCUT2D eigenvalue weighted by Crippen LogP contribution is -2.53. The number of rotatable bonds is 6. The van der Waals surface area contributed by atoms with Crippen molar-refractivity contribution in [2.45, 2.75) is 43.2 Å². The van der Waals surface area contributed by atoms with Gasteiger partial charge in [0.2, 0.25) is 5.91 Å². The Bertz CT molecular complexity index is 1100. The third-order valence-corrected chi connectivity index (χ3v) is 6.81. The summed E-state index contributed by atoms with van der Waals surface area (Å²) in [5.41, 5.74) is 4.23. The van der Waals surface area contributed by atoms with Gasteiger partial charge < -0.3 is 20.1 Å². The molecule has 178 valence electrons. The maximum Gasteiger partial charge on any atom is 0.407 e. The van der Waals surface area contributed by atoms with Crippen LogP contribution in [0.15, 0.2) is 48.5 Å². The first-order valence-electron chi connectivity index (χ1n) is 11.3. The van der Waals surface area contributed by atoms with Crippen molar-refractivity contribution in [3.05, 3.63) is 59.7 Å². The molecule has 2 aromatic carbocycles. The fourth-order valence-corrected chi connectivity index (χ4v) is 5.03. The van der Waals surface area contributed by atoms with Gasteiger partial charge in [0.1, 0.15) is 18.7 Å². The largest absolute Gasteiger partial charge is 0.480 e. The zero-order valence-electron chi connectivity index (χ0n) is 18.2. The standard InChI is InChI=1S/C25H24F2N2O5/c26-25(27)11-20(23(31)32)29(13-25)22(30)21(14-9-10-14)28-24(33)34-12-19-17-7-3-1-5-15(17)16-6-2-4-8-18(16)19/h1-8,14,19-21H,9-13H2,(H,28,33)(H,31,32)/t20-,21?/m0/s1. The van der Waals surface area contributed by atoms with Gasteiger partial charge in [-0.15, -0.1) is 0 Å². The molecule has 0 spiro atoms. The number of fused-ring (bicyclic) bond motifs is 3. The fraction of sp³-hybridized carbons (Fsp3) is 0.400. The number of carboxylic acids is 1. The van der Waals surface area contributed by atoms with Crippen molar-refractivity contribution in [1.82, 2.24) is 10.2 Å². The van der Waals surface area contributed by atoms with Crippen molar-refractivity contribution in [3.8, 4) is 11.1 Å². The zero-order valence-corrected chi connectivity index (χ0v) is 18.2. The van der Waals surface area contributed by atoms with Crippen LogP contribution in [0.4, 0.5) is 13.6 Å². The maximum atomic E-state index is 13.9. The van der Waals surface area contributed by atoms with Crippen LogP contribution in [-0.2, 0) is 14.3 Å². The molecule has 0 aromatic heterocycles. The molecule has 9 heteroatoms. The Balaban J connectivity index is 1.27. The molecule has 34 heavy (non-hydrogen) atoms. The average Bonchev–Trinajstić information content (AvgIpc) is 3.53. The van der Waals surface area contributed by atoms with Gasteiger partial charge in [0, 0.05) is 12.3 Å². The highest BCUT2D eigenvalue weighted by Gasteiger charge is 2.53. The van der Waals surface area contributed by atoms with Crippen LogP contribution in [0.2, 0.25) is 0 Å². The number of benzene rings is 2. The van der Waals surface area contributed by atoms with Crippen molar-refractivity contribution >= 4 is 18.0 Å². The molecule has 0 radical (unpaired) electrons. The maximum absolute atomic E-state index is 13.9. The summed E-state index contributed by atoms with van der Waals surface area (Å²) in [5, 5.41) is 11.8. The minimum atomic E-state index is -3.28. The average molecular weight is 470 g/mol. The molecule has 7 nitrogen and oxygen atoms in total. The van der Waals surface area contributed by atoms with Crippen LogP contribution in [0, 0.1) is 5.92 Å². The molecule has 0 bridgehead atoms. The van der Waals surface area contributed by atoms with Gasteiger partial charge in [-0.3, -0.25) is 4.79 Å². The molecular weight excluding hydrogens is 446 g/mol. The van der Waals surface area contributed by atoms with E-state index in [-0.39, 0.29) is 18.4 Å².